The maximum absolute atomic E-state index is 11.4. The van der Waals surface area contributed by atoms with Crippen LogP contribution in [0.1, 0.15) is 29.4 Å². The molecular weight excluding hydrogens is 298 g/mol. The van der Waals surface area contributed by atoms with E-state index in [0.717, 1.165) is 5.56 Å². The van der Waals surface area contributed by atoms with Crippen molar-refractivity contribution in [3.63, 3.8) is 0 Å². The van der Waals surface area contributed by atoms with Crippen LogP contribution in [0.5, 0.6) is 0 Å². The van der Waals surface area contributed by atoms with Gasteiger partial charge in [-0.15, -0.1) is 10.2 Å². The molecule has 0 radical (unpaired) electrons. The molecule has 5 nitrogen and oxygen atoms in total. The number of nitrogens with zero attached hydrogens (tertiary/aromatic N) is 3. The van der Waals surface area contributed by atoms with E-state index in [0.29, 0.717) is 18.8 Å². The fraction of sp³-hybridized carbons (Fsp3) is 0.385. The number of benzene rings is 1. The lowest BCUT2D eigenvalue weighted by Crippen LogP contribution is -2.08. The molecule has 0 aliphatic heterocycles. The van der Waals surface area contributed by atoms with Crippen LogP contribution in [0.3, 0.4) is 0 Å². The maximum Gasteiger partial charge on any atom is 0.296 e. The van der Waals surface area contributed by atoms with Gasteiger partial charge in [-0.3, -0.25) is 0 Å². The molecule has 0 N–H and O–H groups in total. The second-order valence-corrected chi connectivity index (χ2v) is 7.14. The summed E-state index contributed by atoms with van der Waals surface area (Å²) in [6.45, 7) is 6.37. The molecule has 0 saturated carbocycles. The summed E-state index contributed by atoms with van der Waals surface area (Å²) < 4.78 is 24.4. The summed E-state index contributed by atoms with van der Waals surface area (Å²) in [5.41, 5.74) is 3.47. The highest BCUT2D eigenvalue weighted by molar-refractivity contribution is 8.13. The molecule has 0 aliphatic carbocycles. The fourth-order valence-corrected chi connectivity index (χ4v) is 3.02. The van der Waals surface area contributed by atoms with Crippen LogP contribution in [0.25, 0.3) is 0 Å². The molecule has 0 atom stereocenters. The average molecular weight is 314 g/mol. The molecule has 0 unspecified atom stereocenters. The molecule has 0 fully saturated rings. The Balaban J connectivity index is 2.39. The molecule has 0 bridgehead atoms. The molecular formula is C13H16ClN3O2S. The minimum absolute atomic E-state index is 0.194. The third-order valence-corrected chi connectivity index (χ3v) is 4.41. The van der Waals surface area contributed by atoms with Crippen molar-refractivity contribution in [3.8, 4) is 0 Å². The Morgan fingerprint density at radius 2 is 1.90 bits per heavy atom. The van der Waals surface area contributed by atoms with Crippen LogP contribution >= 0.6 is 10.7 Å². The summed E-state index contributed by atoms with van der Waals surface area (Å²) in [5, 5.41) is 7.44. The van der Waals surface area contributed by atoms with Crippen LogP contribution in [0.15, 0.2) is 23.4 Å². The summed E-state index contributed by atoms with van der Waals surface area (Å²) in [6.07, 6.45) is 0.522. The van der Waals surface area contributed by atoms with Gasteiger partial charge in [-0.1, -0.05) is 18.2 Å². The zero-order chi connectivity index (χ0) is 14.9. The van der Waals surface area contributed by atoms with E-state index < -0.39 is 9.05 Å². The SMILES string of the molecule is CCn1c(Cc2ccc(C)c(C)c2)nnc1S(=O)(=O)Cl. The number of rotatable bonds is 4. The first-order valence-electron chi connectivity index (χ1n) is 6.25. The molecule has 2 aromatic rings. The first-order chi connectivity index (χ1) is 9.32. The molecule has 0 saturated heterocycles. The van der Waals surface area contributed by atoms with Crippen molar-refractivity contribution < 1.29 is 8.42 Å². The molecule has 2 rings (SSSR count). The van der Waals surface area contributed by atoms with Crippen LogP contribution in [-0.4, -0.2) is 23.2 Å². The van der Waals surface area contributed by atoms with Gasteiger partial charge in [0.05, 0.1) is 0 Å². The summed E-state index contributed by atoms with van der Waals surface area (Å²) in [4.78, 5) is 0. The van der Waals surface area contributed by atoms with Crippen molar-refractivity contribution >= 4 is 19.7 Å². The number of halogens is 1. The standard InChI is InChI=1S/C13H16ClN3O2S/c1-4-17-12(15-16-13(17)20(14,18)19)8-11-6-5-9(2)10(3)7-11/h5-7H,4,8H2,1-3H3. The predicted molar refractivity (Wildman–Crippen MR) is 77.5 cm³/mol. The van der Waals surface area contributed by atoms with Gasteiger partial charge in [0, 0.05) is 23.6 Å². The average Bonchev–Trinajstić information content (AvgIpc) is 2.76. The van der Waals surface area contributed by atoms with Crippen molar-refractivity contribution in [2.24, 2.45) is 0 Å². The van der Waals surface area contributed by atoms with E-state index in [4.69, 9.17) is 10.7 Å². The first-order valence-corrected chi connectivity index (χ1v) is 8.56. The normalized spacial score (nSPS) is 11.8. The van der Waals surface area contributed by atoms with E-state index in [2.05, 4.69) is 16.3 Å². The zero-order valence-corrected chi connectivity index (χ0v) is 13.2. The summed E-state index contributed by atoms with van der Waals surface area (Å²) >= 11 is 0. The van der Waals surface area contributed by atoms with Gasteiger partial charge < -0.3 is 4.57 Å². The van der Waals surface area contributed by atoms with E-state index in [1.165, 1.54) is 15.7 Å². The van der Waals surface area contributed by atoms with E-state index in [1.54, 1.807) is 0 Å². The Kier molecular flexibility index (Phi) is 4.15. The lowest BCUT2D eigenvalue weighted by molar-refractivity contribution is 0.576. The smallest absolute Gasteiger partial charge is 0.296 e. The van der Waals surface area contributed by atoms with Crippen molar-refractivity contribution in [1.82, 2.24) is 14.8 Å². The quantitative estimate of drug-likeness (QED) is 0.813. The lowest BCUT2D eigenvalue weighted by atomic mass is 10.0. The Hall–Kier alpha value is -1.40. The van der Waals surface area contributed by atoms with Crippen LogP contribution in [0.2, 0.25) is 0 Å². The number of aryl methyl sites for hydroxylation is 2. The van der Waals surface area contributed by atoms with Gasteiger partial charge in [0.15, 0.2) is 0 Å². The molecule has 20 heavy (non-hydrogen) atoms. The molecule has 1 aromatic carbocycles. The van der Waals surface area contributed by atoms with Crippen LogP contribution in [0.4, 0.5) is 0 Å². The highest BCUT2D eigenvalue weighted by atomic mass is 35.7. The van der Waals surface area contributed by atoms with Gasteiger partial charge in [0.1, 0.15) is 5.82 Å². The molecule has 0 amide bonds. The van der Waals surface area contributed by atoms with Gasteiger partial charge in [-0.05, 0) is 37.5 Å². The molecule has 1 heterocycles. The second-order valence-electron chi connectivity index (χ2n) is 4.68. The van der Waals surface area contributed by atoms with Gasteiger partial charge in [-0.25, -0.2) is 8.42 Å². The minimum Gasteiger partial charge on any atom is -0.301 e. The Bertz CT molecular complexity index is 738. The van der Waals surface area contributed by atoms with E-state index in [-0.39, 0.29) is 5.16 Å². The minimum atomic E-state index is -3.87. The van der Waals surface area contributed by atoms with Crippen LogP contribution < -0.4 is 0 Å². The second kappa shape index (κ2) is 5.54. The van der Waals surface area contributed by atoms with E-state index in [9.17, 15) is 8.42 Å². The highest BCUT2D eigenvalue weighted by Gasteiger charge is 2.21. The van der Waals surface area contributed by atoms with Gasteiger partial charge >= 0.3 is 0 Å². The van der Waals surface area contributed by atoms with Crippen molar-refractivity contribution in [3.05, 3.63) is 40.7 Å². The van der Waals surface area contributed by atoms with E-state index >= 15 is 0 Å². The van der Waals surface area contributed by atoms with Crippen LogP contribution in [-0.2, 0) is 22.0 Å². The lowest BCUT2D eigenvalue weighted by Gasteiger charge is -2.07. The van der Waals surface area contributed by atoms with Gasteiger partial charge in [0.25, 0.3) is 14.2 Å². The summed E-state index contributed by atoms with van der Waals surface area (Å²) in [7, 11) is 1.48. The monoisotopic (exact) mass is 313 g/mol. The third-order valence-electron chi connectivity index (χ3n) is 3.26. The topological polar surface area (TPSA) is 64.8 Å². The number of hydrogen-bond acceptors (Lipinski definition) is 4. The van der Waals surface area contributed by atoms with E-state index in [1.807, 2.05) is 32.9 Å². The van der Waals surface area contributed by atoms with Gasteiger partial charge in [0.2, 0.25) is 0 Å². The molecule has 7 heteroatoms. The summed E-state index contributed by atoms with van der Waals surface area (Å²) in [6, 6.07) is 6.11. The molecule has 1 aromatic heterocycles. The molecule has 0 aliphatic rings. The van der Waals surface area contributed by atoms with Crippen molar-refractivity contribution in [1.29, 1.82) is 0 Å². The fourth-order valence-electron chi connectivity index (χ4n) is 2.04. The zero-order valence-electron chi connectivity index (χ0n) is 11.6. The molecule has 0 spiro atoms. The van der Waals surface area contributed by atoms with Crippen LogP contribution in [0, 0.1) is 13.8 Å². The Morgan fingerprint density at radius 3 is 2.45 bits per heavy atom. The molecule has 108 valence electrons. The largest absolute Gasteiger partial charge is 0.301 e. The Morgan fingerprint density at radius 1 is 1.20 bits per heavy atom. The van der Waals surface area contributed by atoms with Crippen molar-refractivity contribution in [2.45, 2.75) is 38.9 Å². The Labute approximate surface area is 123 Å². The third kappa shape index (κ3) is 3.02. The highest BCUT2D eigenvalue weighted by Crippen LogP contribution is 2.17. The van der Waals surface area contributed by atoms with Gasteiger partial charge in [-0.2, -0.15) is 0 Å². The van der Waals surface area contributed by atoms with Crippen molar-refractivity contribution in [2.75, 3.05) is 0 Å². The number of hydrogen-bond donors (Lipinski definition) is 0. The number of aromatic nitrogens is 3. The maximum atomic E-state index is 11.4. The summed E-state index contributed by atoms with van der Waals surface area (Å²) in [5.74, 6) is 0.593. The predicted octanol–water partition coefficient (Wildman–Crippen LogP) is 2.43. The first kappa shape index (κ1) is 15.0.